The lowest BCUT2D eigenvalue weighted by Gasteiger charge is -2.15. The zero-order valence-corrected chi connectivity index (χ0v) is 15.9. The van der Waals surface area contributed by atoms with Gasteiger partial charge in [-0.1, -0.05) is 12.1 Å². The molecular weight excluding hydrogens is 378 g/mol. The van der Waals surface area contributed by atoms with Gasteiger partial charge in [0.25, 0.3) is 0 Å². The van der Waals surface area contributed by atoms with Gasteiger partial charge in [0, 0.05) is 18.7 Å². The minimum atomic E-state index is -3.49. The van der Waals surface area contributed by atoms with Gasteiger partial charge >= 0.3 is 0 Å². The molecule has 1 saturated heterocycles. The predicted octanol–water partition coefficient (Wildman–Crippen LogP) is 2.68. The number of Topliss-reactive ketones (excluding diaryl/α,β-unsaturated/α-hetero) is 1. The van der Waals surface area contributed by atoms with Crippen LogP contribution < -0.4 is 4.74 Å². The van der Waals surface area contributed by atoms with Gasteiger partial charge in [0.15, 0.2) is 12.4 Å². The molecule has 0 radical (unpaired) electrons. The number of ether oxygens (including phenoxy) is 1. The quantitative estimate of drug-likeness (QED) is 0.594. The lowest BCUT2D eigenvalue weighted by atomic mass is 10.1. The van der Waals surface area contributed by atoms with Gasteiger partial charge in [-0.05, 0) is 49.2 Å². The second-order valence-corrected chi connectivity index (χ2v) is 8.48. The number of ketones is 1. The van der Waals surface area contributed by atoms with Crippen molar-refractivity contribution in [1.82, 2.24) is 14.3 Å². The first-order valence-corrected chi connectivity index (χ1v) is 10.5. The molecule has 4 rings (SSSR count). The van der Waals surface area contributed by atoms with Crippen LogP contribution in [0.2, 0.25) is 0 Å². The molecule has 0 N–H and O–H groups in total. The smallest absolute Gasteiger partial charge is 0.243 e. The number of hydrogen-bond acceptors (Lipinski definition) is 6. The van der Waals surface area contributed by atoms with Gasteiger partial charge in [0.1, 0.15) is 6.33 Å². The molecule has 1 aliphatic heterocycles. The van der Waals surface area contributed by atoms with E-state index in [9.17, 15) is 13.2 Å². The molecule has 0 spiro atoms. The molecule has 8 heteroatoms. The van der Waals surface area contributed by atoms with Crippen LogP contribution in [-0.2, 0) is 10.0 Å². The number of fused-ring (bicyclic) bond motifs is 1. The minimum absolute atomic E-state index is 0.195. The average Bonchev–Trinajstić information content (AvgIpc) is 3.28. The van der Waals surface area contributed by atoms with Crippen LogP contribution in [-0.4, -0.2) is 48.2 Å². The van der Waals surface area contributed by atoms with E-state index >= 15 is 0 Å². The predicted molar refractivity (Wildman–Crippen MR) is 104 cm³/mol. The van der Waals surface area contributed by atoms with Gasteiger partial charge in [0.2, 0.25) is 15.9 Å². The number of benzene rings is 2. The van der Waals surface area contributed by atoms with Crippen molar-refractivity contribution in [3.05, 3.63) is 60.4 Å². The molecule has 7 nitrogen and oxygen atoms in total. The molecule has 0 atom stereocenters. The van der Waals surface area contributed by atoms with E-state index in [1.165, 1.54) is 34.9 Å². The monoisotopic (exact) mass is 397 g/mol. The van der Waals surface area contributed by atoms with Crippen molar-refractivity contribution >= 4 is 26.7 Å². The summed E-state index contributed by atoms with van der Waals surface area (Å²) >= 11 is 0. The third kappa shape index (κ3) is 3.61. The molecule has 1 aromatic heterocycles. The number of nitrogens with zero attached hydrogens (tertiary/aromatic N) is 3. The van der Waals surface area contributed by atoms with E-state index in [1.807, 2.05) is 24.3 Å². The number of para-hydroxylation sites is 1. The van der Waals surface area contributed by atoms with Crippen molar-refractivity contribution in [2.45, 2.75) is 17.7 Å². The van der Waals surface area contributed by atoms with Crippen LogP contribution in [0, 0.1) is 0 Å². The zero-order valence-electron chi connectivity index (χ0n) is 15.1. The van der Waals surface area contributed by atoms with E-state index in [4.69, 9.17) is 4.74 Å². The number of rotatable bonds is 6. The third-order valence-electron chi connectivity index (χ3n) is 4.73. The Morgan fingerprint density at radius 2 is 1.71 bits per heavy atom. The summed E-state index contributed by atoms with van der Waals surface area (Å²) in [5, 5.41) is 0.727. The highest BCUT2D eigenvalue weighted by Gasteiger charge is 2.27. The molecule has 2 heterocycles. The van der Waals surface area contributed by atoms with E-state index in [-0.39, 0.29) is 17.3 Å². The molecule has 144 valence electrons. The second kappa shape index (κ2) is 7.65. The van der Waals surface area contributed by atoms with Crippen LogP contribution in [0.25, 0.3) is 10.9 Å². The summed E-state index contributed by atoms with van der Waals surface area (Å²) in [7, 11) is -3.49. The van der Waals surface area contributed by atoms with Gasteiger partial charge in [0.05, 0.1) is 15.8 Å². The minimum Gasteiger partial charge on any atom is -0.469 e. The second-order valence-electron chi connectivity index (χ2n) is 6.54. The normalized spacial score (nSPS) is 15.0. The van der Waals surface area contributed by atoms with Gasteiger partial charge in [-0.2, -0.15) is 4.31 Å². The highest BCUT2D eigenvalue weighted by Crippen LogP contribution is 2.22. The summed E-state index contributed by atoms with van der Waals surface area (Å²) in [5.41, 5.74) is 1.12. The highest BCUT2D eigenvalue weighted by molar-refractivity contribution is 7.89. The summed E-state index contributed by atoms with van der Waals surface area (Å²) in [4.78, 5) is 20.9. The summed E-state index contributed by atoms with van der Waals surface area (Å²) < 4.78 is 32.2. The van der Waals surface area contributed by atoms with Crippen LogP contribution in [0.5, 0.6) is 5.88 Å². The molecule has 0 bridgehead atoms. The maximum atomic E-state index is 12.6. The van der Waals surface area contributed by atoms with E-state index in [1.54, 1.807) is 0 Å². The van der Waals surface area contributed by atoms with E-state index in [0.29, 0.717) is 24.5 Å². The van der Waals surface area contributed by atoms with Crippen molar-refractivity contribution in [1.29, 1.82) is 0 Å². The van der Waals surface area contributed by atoms with E-state index in [0.717, 1.165) is 23.7 Å². The van der Waals surface area contributed by atoms with Crippen molar-refractivity contribution in [3.8, 4) is 5.88 Å². The summed E-state index contributed by atoms with van der Waals surface area (Å²) in [5.74, 6) is 0.0833. The molecule has 2 aromatic carbocycles. The number of carbonyl (C=O) groups is 1. The zero-order chi connectivity index (χ0) is 19.6. The Kier molecular flexibility index (Phi) is 5.06. The molecular formula is C20H19N3O4S. The summed E-state index contributed by atoms with van der Waals surface area (Å²) in [6.07, 6.45) is 3.15. The Hall–Kier alpha value is -2.84. The Morgan fingerprint density at radius 1 is 1.00 bits per heavy atom. The summed E-state index contributed by atoms with van der Waals surface area (Å²) in [6.45, 7) is 0.896. The topological polar surface area (TPSA) is 89.5 Å². The number of sulfonamides is 1. The SMILES string of the molecule is O=C(COc1ncnc2ccccc12)c1ccc(S(=O)(=O)N2CCCC2)cc1. The van der Waals surface area contributed by atoms with E-state index < -0.39 is 10.0 Å². The molecule has 3 aromatic rings. The Labute approximate surface area is 163 Å². The number of carbonyl (C=O) groups excluding carboxylic acids is 1. The van der Waals surface area contributed by atoms with Crippen LogP contribution in [0.3, 0.4) is 0 Å². The standard InChI is InChI=1S/C20H19N3O4S/c24-19(13-27-20-17-5-1-2-6-18(17)21-14-22-20)15-7-9-16(10-8-15)28(25,26)23-11-3-4-12-23/h1-2,5-10,14H,3-4,11-13H2. The maximum absolute atomic E-state index is 12.6. The lowest BCUT2D eigenvalue weighted by molar-refractivity contribution is 0.0919. The van der Waals surface area contributed by atoms with Gasteiger partial charge in [-0.3, -0.25) is 4.79 Å². The van der Waals surface area contributed by atoms with Crippen LogP contribution in [0.15, 0.2) is 59.8 Å². The fourth-order valence-corrected chi connectivity index (χ4v) is 4.72. The molecule has 0 aliphatic carbocycles. The molecule has 1 fully saturated rings. The molecule has 0 saturated carbocycles. The molecule has 28 heavy (non-hydrogen) atoms. The number of hydrogen-bond donors (Lipinski definition) is 0. The maximum Gasteiger partial charge on any atom is 0.243 e. The first-order valence-electron chi connectivity index (χ1n) is 9.02. The summed E-state index contributed by atoms with van der Waals surface area (Å²) in [6, 6.07) is 13.4. The van der Waals surface area contributed by atoms with E-state index in [2.05, 4.69) is 9.97 Å². The largest absolute Gasteiger partial charge is 0.469 e. The van der Waals surface area contributed by atoms with Crippen molar-refractivity contribution in [2.24, 2.45) is 0 Å². The number of aromatic nitrogens is 2. The Bertz CT molecular complexity index is 1100. The van der Waals surface area contributed by atoms with Gasteiger partial charge in [-0.15, -0.1) is 0 Å². The Morgan fingerprint density at radius 3 is 2.46 bits per heavy atom. The van der Waals surface area contributed by atoms with Crippen LogP contribution >= 0.6 is 0 Å². The van der Waals surface area contributed by atoms with Crippen LogP contribution in [0.1, 0.15) is 23.2 Å². The lowest BCUT2D eigenvalue weighted by Crippen LogP contribution is -2.27. The first kappa shape index (κ1) is 18.5. The third-order valence-corrected chi connectivity index (χ3v) is 6.64. The average molecular weight is 397 g/mol. The van der Waals surface area contributed by atoms with Crippen LogP contribution in [0.4, 0.5) is 0 Å². The molecule has 1 aliphatic rings. The molecule has 0 unspecified atom stereocenters. The highest BCUT2D eigenvalue weighted by atomic mass is 32.2. The Balaban J connectivity index is 1.46. The van der Waals surface area contributed by atoms with Gasteiger partial charge in [-0.25, -0.2) is 18.4 Å². The van der Waals surface area contributed by atoms with Crippen molar-refractivity contribution in [2.75, 3.05) is 19.7 Å². The van der Waals surface area contributed by atoms with Crippen molar-refractivity contribution in [3.63, 3.8) is 0 Å². The fraction of sp³-hybridized carbons (Fsp3) is 0.250. The van der Waals surface area contributed by atoms with Gasteiger partial charge < -0.3 is 4.74 Å². The first-order chi connectivity index (χ1) is 13.6. The molecule has 0 amide bonds. The fourth-order valence-electron chi connectivity index (χ4n) is 3.20. The van der Waals surface area contributed by atoms with Crippen molar-refractivity contribution < 1.29 is 17.9 Å².